The van der Waals surface area contributed by atoms with Gasteiger partial charge in [0.15, 0.2) is 5.76 Å². The van der Waals surface area contributed by atoms with Crippen molar-refractivity contribution in [3.05, 3.63) is 65.2 Å². The zero-order valence-corrected chi connectivity index (χ0v) is 14.1. The van der Waals surface area contributed by atoms with Crippen LogP contribution in [0, 0.1) is 13.8 Å². The Morgan fingerprint density at radius 2 is 1.39 bits per heavy atom. The van der Waals surface area contributed by atoms with Crippen LogP contribution >= 0.6 is 0 Å². The van der Waals surface area contributed by atoms with E-state index in [1.54, 1.807) is 0 Å². The predicted molar refractivity (Wildman–Crippen MR) is 95.5 cm³/mol. The molecule has 3 rings (SSSR count). The summed E-state index contributed by atoms with van der Waals surface area (Å²) in [7, 11) is 0. The van der Waals surface area contributed by atoms with E-state index in [-0.39, 0.29) is 0 Å². The molecular formula is C21H23NO. The zero-order valence-electron chi connectivity index (χ0n) is 14.1. The average Bonchev–Trinajstić information content (AvgIpc) is 2.98. The number of unbranched alkanes of at least 4 members (excludes halogenated alkanes) is 1. The van der Waals surface area contributed by atoms with Crippen molar-refractivity contribution in [3.8, 4) is 22.6 Å². The fourth-order valence-corrected chi connectivity index (χ4v) is 2.76. The monoisotopic (exact) mass is 305 g/mol. The second-order valence-corrected chi connectivity index (χ2v) is 6.17. The Hall–Kier alpha value is -2.35. The molecule has 2 heteroatoms. The first-order valence-electron chi connectivity index (χ1n) is 8.31. The van der Waals surface area contributed by atoms with Crippen molar-refractivity contribution in [3.63, 3.8) is 0 Å². The number of aromatic nitrogens is 1. The second kappa shape index (κ2) is 6.82. The van der Waals surface area contributed by atoms with Gasteiger partial charge in [-0.05, 0) is 26.7 Å². The smallest absolute Gasteiger partial charge is 0.170 e. The predicted octanol–water partition coefficient (Wildman–Crippen LogP) is 5.97. The van der Waals surface area contributed by atoms with E-state index in [4.69, 9.17) is 4.52 Å². The van der Waals surface area contributed by atoms with Gasteiger partial charge in [-0.15, -0.1) is 0 Å². The summed E-state index contributed by atoms with van der Waals surface area (Å²) in [5, 5.41) is 4.39. The van der Waals surface area contributed by atoms with Crippen molar-refractivity contribution in [1.82, 2.24) is 5.16 Å². The molecule has 0 bridgehead atoms. The second-order valence-electron chi connectivity index (χ2n) is 6.17. The van der Waals surface area contributed by atoms with E-state index in [2.05, 4.69) is 74.5 Å². The van der Waals surface area contributed by atoms with Gasteiger partial charge in [0.25, 0.3) is 0 Å². The summed E-state index contributed by atoms with van der Waals surface area (Å²) in [4.78, 5) is 0. The summed E-state index contributed by atoms with van der Waals surface area (Å²) >= 11 is 0. The van der Waals surface area contributed by atoms with Crippen molar-refractivity contribution in [2.45, 2.75) is 40.0 Å². The summed E-state index contributed by atoms with van der Waals surface area (Å²) < 4.78 is 5.75. The summed E-state index contributed by atoms with van der Waals surface area (Å²) in [6.45, 7) is 6.41. The molecule has 1 aromatic heterocycles. The fourth-order valence-electron chi connectivity index (χ4n) is 2.76. The van der Waals surface area contributed by atoms with Gasteiger partial charge in [0.2, 0.25) is 0 Å². The molecule has 0 unspecified atom stereocenters. The van der Waals surface area contributed by atoms with E-state index in [0.717, 1.165) is 41.8 Å². The van der Waals surface area contributed by atoms with Crippen LogP contribution < -0.4 is 0 Å². The lowest BCUT2D eigenvalue weighted by molar-refractivity contribution is 0.434. The highest BCUT2D eigenvalue weighted by Crippen LogP contribution is 2.33. The molecular weight excluding hydrogens is 282 g/mol. The molecule has 2 nitrogen and oxygen atoms in total. The summed E-state index contributed by atoms with van der Waals surface area (Å²) in [6, 6.07) is 17.0. The third-order valence-corrected chi connectivity index (χ3v) is 4.21. The first-order chi connectivity index (χ1) is 11.2. The lowest BCUT2D eigenvalue weighted by atomic mass is 9.97. The van der Waals surface area contributed by atoms with Gasteiger partial charge in [-0.3, -0.25) is 0 Å². The summed E-state index contributed by atoms with van der Waals surface area (Å²) in [6.07, 6.45) is 3.29. The average molecular weight is 305 g/mol. The van der Waals surface area contributed by atoms with Crippen LogP contribution in [0.15, 0.2) is 53.1 Å². The van der Waals surface area contributed by atoms with Crippen LogP contribution in [0.2, 0.25) is 0 Å². The number of rotatable bonds is 5. The molecule has 2 aromatic carbocycles. The van der Waals surface area contributed by atoms with Crippen LogP contribution in [0.4, 0.5) is 0 Å². The van der Waals surface area contributed by atoms with Crippen LogP contribution in [0.3, 0.4) is 0 Å². The molecule has 0 fully saturated rings. The molecule has 118 valence electrons. The Balaban J connectivity index is 2.06. The number of benzene rings is 2. The molecule has 0 aliphatic carbocycles. The largest absolute Gasteiger partial charge is 0.355 e. The van der Waals surface area contributed by atoms with Crippen LogP contribution in [0.5, 0.6) is 0 Å². The summed E-state index contributed by atoms with van der Waals surface area (Å²) in [5.41, 5.74) is 6.94. The lowest BCUT2D eigenvalue weighted by Crippen LogP contribution is -1.90. The van der Waals surface area contributed by atoms with Gasteiger partial charge >= 0.3 is 0 Å². The van der Waals surface area contributed by atoms with Crippen molar-refractivity contribution >= 4 is 0 Å². The molecule has 0 amide bonds. The van der Waals surface area contributed by atoms with E-state index in [1.165, 1.54) is 16.7 Å². The normalized spacial score (nSPS) is 10.9. The Morgan fingerprint density at radius 1 is 0.826 bits per heavy atom. The van der Waals surface area contributed by atoms with E-state index in [0.29, 0.717) is 0 Å². The van der Waals surface area contributed by atoms with E-state index >= 15 is 0 Å². The topological polar surface area (TPSA) is 26.0 Å². The van der Waals surface area contributed by atoms with Gasteiger partial charge in [-0.2, -0.15) is 0 Å². The van der Waals surface area contributed by atoms with Gasteiger partial charge < -0.3 is 4.52 Å². The standard InChI is InChI=1S/C21H23NO/c1-4-5-6-19-20(17-11-7-15(2)8-12-17)22-23-21(19)18-13-9-16(3)10-14-18/h7-14H,4-6H2,1-3H3. The molecule has 0 atom stereocenters. The highest BCUT2D eigenvalue weighted by atomic mass is 16.5. The first-order valence-corrected chi connectivity index (χ1v) is 8.31. The Bertz CT molecular complexity index is 704. The molecule has 0 aliphatic heterocycles. The van der Waals surface area contributed by atoms with Crippen LogP contribution in [0.25, 0.3) is 22.6 Å². The molecule has 1 heterocycles. The SMILES string of the molecule is CCCCc1c(-c2ccc(C)cc2)noc1-c1ccc(C)cc1. The maximum absolute atomic E-state index is 5.75. The molecule has 0 saturated carbocycles. The minimum atomic E-state index is 0.911. The minimum absolute atomic E-state index is 0.911. The molecule has 0 saturated heterocycles. The van der Waals surface area contributed by atoms with Gasteiger partial charge in [-0.1, -0.05) is 78.2 Å². The van der Waals surface area contributed by atoms with E-state index < -0.39 is 0 Å². The number of hydrogen-bond acceptors (Lipinski definition) is 2. The Morgan fingerprint density at radius 3 is 1.96 bits per heavy atom. The Labute approximate surface area is 138 Å². The maximum atomic E-state index is 5.75. The van der Waals surface area contributed by atoms with E-state index in [9.17, 15) is 0 Å². The maximum Gasteiger partial charge on any atom is 0.170 e. The third-order valence-electron chi connectivity index (χ3n) is 4.21. The van der Waals surface area contributed by atoms with Crippen LogP contribution in [0.1, 0.15) is 36.5 Å². The van der Waals surface area contributed by atoms with Crippen molar-refractivity contribution in [1.29, 1.82) is 0 Å². The highest BCUT2D eigenvalue weighted by molar-refractivity contribution is 5.72. The molecule has 0 N–H and O–H groups in total. The van der Waals surface area contributed by atoms with Crippen LogP contribution in [-0.2, 0) is 6.42 Å². The van der Waals surface area contributed by atoms with Crippen LogP contribution in [-0.4, -0.2) is 5.16 Å². The number of hydrogen-bond donors (Lipinski definition) is 0. The van der Waals surface area contributed by atoms with E-state index in [1.807, 2.05) is 0 Å². The van der Waals surface area contributed by atoms with Gasteiger partial charge in [0, 0.05) is 16.7 Å². The molecule has 23 heavy (non-hydrogen) atoms. The number of aryl methyl sites for hydroxylation is 2. The van der Waals surface area contributed by atoms with Gasteiger partial charge in [-0.25, -0.2) is 0 Å². The fraction of sp³-hybridized carbons (Fsp3) is 0.286. The van der Waals surface area contributed by atoms with Crippen molar-refractivity contribution in [2.75, 3.05) is 0 Å². The van der Waals surface area contributed by atoms with Crippen molar-refractivity contribution in [2.24, 2.45) is 0 Å². The Kier molecular flexibility index (Phi) is 4.61. The zero-order chi connectivity index (χ0) is 16.2. The molecule has 0 aliphatic rings. The molecule has 0 radical (unpaired) electrons. The highest BCUT2D eigenvalue weighted by Gasteiger charge is 2.18. The van der Waals surface area contributed by atoms with Gasteiger partial charge in [0.1, 0.15) is 5.69 Å². The van der Waals surface area contributed by atoms with Crippen molar-refractivity contribution < 1.29 is 4.52 Å². The summed E-state index contributed by atoms with van der Waals surface area (Å²) in [5.74, 6) is 0.911. The molecule has 0 spiro atoms. The molecule has 3 aromatic rings. The van der Waals surface area contributed by atoms with Gasteiger partial charge in [0.05, 0.1) is 0 Å². The lowest BCUT2D eigenvalue weighted by Gasteiger charge is -2.05. The number of nitrogens with zero attached hydrogens (tertiary/aromatic N) is 1. The third kappa shape index (κ3) is 3.37. The quantitative estimate of drug-likeness (QED) is 0.580. The minimum Gasteiger partial charge on any atom is -0.355 e. The first kappa shape index (κ1) is 15.5.